The Morgan fingerprint density at radius 2 is 2.15 bits per heavy atom. The van der Waals surface area contributed by atoms with Crippen LogP contribution >= 0.6 is 11.8 Å². The summed E-state index contributed by atoms with van der Waals surface area (Å²) >= 11 is 2.01. The van der Waals surface area contributed by atoms with Gasteiger partial charge in [-0.25, -0.2) is 0 Å². The number of benzene rings is 1. The highest BCUT2D eigenvalue weighted by atomic mass is 32.2. The number of rotatable bonds is 4. The molecule has 2 N–H and O–H groups in total. The Balaban J connectivity index is 1.28. The van der Waals surface area contributed by atoms with Crippen molar-refractivity contribution in [1.29, 1.82) is 0 Å². The van der Waals surface area contributed by atoms with Crippen LogP contribution in [-0.2, 0) is 19.4 Å². The lowest BCUT2D eigenvalue weighted by molar-refractivity contribution is 0.102. The van der Waals surface area contributed by atoms with Crippen LogP contribution < -0.4 is 5.32 Å². The zero-order chi connectivity index (χ0) is 18.3. The summed E-state index contributed by atoms with van der Waals surface area (Å²) in [5, 5.41) is 14.7. The van der Waals surface area contributed by atoms with Gasteiger partial charge in [0.05, 0.1) is 18.4 Å². The quantitative estimate of drug-likeness (QED) is 0.730. The second kappa shape index (κ2) is 6.56. The van der Waals surface area contributed by atoms with Crippen molar-refractivity contribution in [2.75, 3.05) is 16.8 Å². The van der Waals surface area contributed by atoms with Crippen molar-refractivity contribution in [2.24, 2.45) is 5.41 Å². The average Bonchev–Trinajstić information content (AvgIpc) is 3.27. The van der Waals surface area contributed by atoms with E-state index < -0.39 is 0 Å². The second-order valence-electron chi connectivity index (χ2n) is 7.57. The minimum Gasteiger partial charge on any atom is -0.318 e. The van der Waals surface area contributed by atoms with Crippen LogP contribution in [-0.4, -0.2) is 37.4 Å². The van der Waals surface area contributed by atoms with Crippen molar-refractivity contribution in [3.05, 3.63) is 65.2 Å². The summed E-state index contributed by atoms with van der Waals surface area (Å²) in [6, 6.07) is 10.1. The monoisotopic (exact) mass is 379 g/mol. The van der Waals surface area contributed by atoms with E-state index in [2.05, 4.69) is 32.7 Å². The fourth-order valence-corrected chi connectivity index (χ4v) is 5.24. The lowest BCUT2D eigenvalue weighted by Gasteiger charge is -2.43. The Kier molecular flexibility index (Phi) is 4.04. The fourth-order valence-electron chi connectivity index (χ4n) is 3.97. The highest BCUT2D eigenvalue weighted by molar-refractivity contribution is 8.00. The Hall–Kier alpha value is -2.54. The minimum absolute atomic E-state index is 0.161. The number of nitrogens with one attached hydrogen (secondary N) is 2. The molecule has 0 atom stereocenters. The number of aromatic amines is 1. The van der Waals surface area contributed by atoms with Crippen molar-refractivity contribution >= 4 is 23.4 Å². The highest BCUT2D eigenvalue weighted by Crippen LogP contribution is 2.47. The molecule has 2 aromatic heterocycles. The van der Waals surface area contributed by atoms with Gasteiger partial charge in [0.25, 0.3) is 5.91 Å². The second-order valence-corrected chi connectivity index (χ2v) is 8.55. The molecule has 0 saturated carbocycles. The normalized spacial score (nSPS) is 17.3. The molecule has 1 amide bonds. The van der Waals surface area contributed by atoms with Gasteiger partial charge < -0.3 is 5.32 Å². The minimum atomic E-state index is -0.161. The first-order chi connectivity index (χ1) is 13.2. The Bertz CT molecular complexity index is 973. The summed E-state index contributed by atoms with van der Waals surface area (Å²) in [4.78, 5) is 12.7. The number of thioether (sulfide) groups is 1. The fraction of sp³-hybridized carbons (Fsp3) is 0.350. The zero-order valence-corrected chi connectivity index (χ0v) is 15.8. The number of aromatic nitrogens is 4. The molecule has 7 heteroatoms. The maximum Gasteiger partial charge on any atom is 0.276 e. The van der Waals surface area contributed by atoms with E-state index in [0.717, 1.165) is 30.5 Å². The van der Waals surface area contributed by atoms with Gasteiger partial charge >= 0.3 is 0 Å². The van der Waals surface area contributed by atoms with E-state index >= 15 is 0 Å². The van der Waals surface area contributed by atoms with Crippen LogP contribution in [0.15, 0.2) is 42.7 Å². The summed E-state index contributed by atoms with van der Waals surface area (Å²) in [5.74, 6) is 2.30. The van der Waals surface area contributed by atoms with Gasteiger partial charge in [-0.3, -0.25) is 14.6 Å². The van der Waals surface area contributed by atoms with Gasteiger partial charge in [0.15, 0.2) is 5.69 Å². The van der Waals surface area contributed by atoms with Gasteiger partial charge in [0.2, 0.25) is 0 Å². The molecule has 1 aliphatic heterocycles. The number of carbonyl (C=O) groups is 1. The first kappa shape index (κ1) is 16.6. The van der Waals surface area contributed by atoms with Crippen LogP contribution in [0, 0.1) is 5.41 Å². The maximum absolute atomic E-state index is 12.7. The molecule has 3 heterocycles. The molecule has 0 bridgehead atoms. The zero-order valence-electron chi connectivity index (χ0n) is 14.9. The van der Waals surface area contributed by atoms with Crippen molar-refractivity contribution in [3.8, 4) is 0 Å². The first-order valence-corrected chi connectivity index (χ1v) is 10.4. The number of amides is 1. The molecule has 0 radical (unpaired) electrons. The summed E-state index contributed by atoms with van der Waals surface area (Å²) in [6.45, 7) is 0.675. The lowest BCUT2D eigenvalue weighted by Crippen LogP contribution is -2.41. The predicted octanol–water partition coefficient (Wildman–Crippen LogP) is 3.13. The van der Waals surface area contributed by atoms with Gasteiger partial charge in [0.1, 0.15) is 0 Å². The molecule has 1 aromatic carbocycles. The van der Waals surface area contributed by atoms with Crippen LogP contribution in [0.3, 0.4) is 0 Å². The number of fused-ring (bicyclic) bond motifs is 1. The van der Waals surface area contributed by atoms with Crippen LogP contribution in [0.2, 0.25) is 0 Å². The van der Waals surface area contributed by atoms with Gasteiger partial charge in [0, 0.05) is 29.0 Å². The molecule has 3 aromatic rings. The molecule has 0 unspecified atom stereocenters. The lowest BCUT2D eigenvalue weighted by atomic mass is 9.75. The van der Waals surface area contributed by atoms with Gasteiger partial charge in [-0.15, -0.1) is 0 Å². The van der Waals surface area contributed by atoms with Crippen molar-refractivity contribution < 1.29 is 4.79 Å². The highest BCUT2D eigenvalue weighted by Gasteiger charge is 2.42. The molecule has 1 spiro atoms. The summed E-state index contributed by atoms with van der Waals surface area (Å²) < 4.78 is 1.82. The first-order valence-electron chi connectivity index (χ1n) is 9.22. The Labute approximate surface area is 161 Å². The van der Waals surface area contributed by atoms with Crippen LogP contribution in [0.5, 0.6) is 0 Å². The van der Waals surface area contributed by atoms with E-state index in [-0.39, 0.29) is 5.91 Å². The molecule has 138 valence electrons. The Morgan fingerprint density at radius 1 is 1.30 bits per heavy atom. The van der Waals surface area contributed by atoms with Gasteiger partial charge in [-0.2, -0.15) is 22.0 Å². The van der Waals surface area contributed by atoms with Crippen molar-refractivity contribution in [1.82, 2.24) is 20.0 Å². The molecule has 6 nitrogen and oxygen atoms in total. The van der Waals surface area contributed by atoms with E-state index in [1.165, 1.54) is 17.1 Å². The third kappa shape index (κ3) is 3.16. The number of anilines is 1. The SMILES string of the molecule is O=C(Nc1cnn(Cc2ccccc2)c1)c1n[nH]c2c1CCC1(CSC1)C2. The van der Waals surface area contributed by atoms with Crippen molar-refractivity contribution in [2.45, 2.75) is 25.8 Å². The average molecular weight is 379 g/mol. The number of hydrogen-bond acceptors (Lipinski definition) is 4. The van der Waals surface area contributed by atoms with E-state index in [0.29, 0.717) is 23.3 Å². The number of nitrogens with zero attached hydrogens (tertiary/aromatic N) is 3. The molecule has 1 aliphatic carbocycles. The third-order valence-electron chi connectivity index (χ3n) is 5.52. The molecular weight excluding hydrogens is 358 g/mol. The number of H-pyrrole nitrogens is 1. The Morgan fingerprint density at radius 3 is 2.93 bits per heavy atom. The standard InChI is InChI=1S/C20H21N5OS/c26-19(18-16-6-7-20(12-27-13-20)8-17(16)23-24-18)22-15-9-21-25(11-15)10-14-4-2-1-3-5-14/h1-5,9,11H,6-8,10,12-13H2,(H,22,26)(H,23,24). The molecule has 2 aliphatic rings. The maximum atomic E-state index is 12.7. The van der Waals surface area contributed by atoms with Crippen LogP contribution in [0.4, 0.5) is 5.69 Å². The van der Waals surface area contributed by atoms with E-state index in [9.17, 15) is 4.79 Å². The van der Waals surface area contributed by atoms with Crippen molar-refractivity contribution in [3.63, 3.8) is 0 Å². The predicted molar refractivity (Wildman–Crippen MR) is 106 cm³/mol. The summed E-state index contributed by atoms with van der Waals surface area (Å²) in [5.41, 5.74) is 5.07. The molecule has 1 fully saturated rings. The van der Waals surface area contributed by atoms with E-state index in [1.54, 1.807) is 6.20 Å². The van der Waals surface area contributed by atoms with Gasteiger partial charge in [-0.05, 0) is 30.2 Å². The molecular formula is C20H21N5OS. The summed E-state index contributed by atoms with van der Waals surface area (Å²) in [6.07, 6.45) is 6.64. The van der Waals surface area contributed by atoms with Gasteiger partial charge in [-0.1, -0.05) is 30.3 Å². The third-order valence-corrected chi connectivity index (χ3v) is 7.15. The molecule has 27 heavy (non-hydrogen) atoms. The molecule has 1 saturated heterocycles. The number of hydrogen-bond donors (Lipinski definition) is 2. The topological polar surface area (TPSA) is 75.6 Å². The van der Waals surface area contributed by atoms with Crippen LogP contribution in [0.25, 0.3) is 0 Å². The number of carbonyl (C=O) groups excluding carboxylic acids is 1. The van der Waals surface area contributed by atoms with Crippen LogP contribution in [0.1, 0.15) is 33.7 Å². The molecule has 5 rings (SSSR count). The summed E-state index contributed by atoms with van der Waals surface area (Å²) in [7, 11) is 0. The largest absolute Gasteiger partial charge is 0.318 e. The smallest absolute Gasteiger partial charge is 0.276 e. The van der Waals surface area contributed by atoms with E-state index in [4.69, 9.17) is 0 Å². The van der Waals surface area contributed by atoms with E-state index in [1.807, 2.05) is 40.8 Å².